The van der Waals surface area contributed by atoms with Crippen LogP contribution in [0.5, 0.6) is 5.75 Å². The van der Waals surface area contributed by atoms with Crippen molar-refractivity contribution in [2.24, 2.45) is 0 Å². The highest BCUT2D eigenvalue weighted by atomic mass is 35.5. The molecule has 2 aromatic rings. The van der Waals surface area contributed by atoms with E-state index in [1.807, 2.05) is 0 Å². The molecule has 0 unspecified atom stereocenters. The third kappa shape index (κ3) is 5.75. The van der Waals surface area contributed by atoms with Crippen LogP contribution in [0.4, 0.5) is 14.5 Å². The van der Waals surface area contributed by atoms with Gasteiger partial charge in [-0.2, -0.15) is 0 Å². The lowest BCUT2D eigenvalue weighted by atomic mass is 10.2. The van der Waals surface area contributed by atoms with Gasteiger partial charge in [0.15, 0.2) is 0 Å². The summed E-state index contributed by atoms with van der Waals surface area (Å²) in [6.07, 6.45) is 0. The highest BCUT2D eigenvalue weighted by Gasteiger charge is 2.10. The van der Waals surface area contributed by atoms with Crippen molar-refractivity contribution in [1.82, 2.24) is 0 Å². The van der Waals surface area contributed by atoms with Crippen LogP contribution in [0.2, 0.25) is 5.02 Å². The fraction of sp³-hybridized carbons (Fsp3) is 0.188. The van der Waals surface area contributed by atoms with Crippen LogP contribution in [-0.4, -0.2) is 20.6 Å². The van der Waals surface area contributed by atoms with E-state index in [1.54, 1.807) is 19.2 Å². The lowest BCUT2D eigenvalue weighted by Gasteiger charge is -2.12. The van der Waals surface area contributed by atoms with Gasteiger partial charge >= 0.3 is 0 Å². The molecule has 2 rings (SSSR count). The minimum Gasteiger partial charge on any atom is -0.487 e. The molecule has 0 spiro atoms. The molecule has 0 saturated carbocycles. The maximum Gasteiger partial charge on any atom is 0.292 e. The summed E-state index contributed by atoms with van der Waals surface area (Å²) in [5, 5.41) is 3.04. The number of nitrogens with one attached hydrogen (secondary N) is 1. The molecule has 2 aromatic carbocycles. The Labute approximate surface area is 138 Å². The molecule has 0 saturated heterocycles. The van der Waals surface area contributed by atoms with Crippen LogP contribution in [0.25, 0.3) is 0 Å². The number of benzene rings is 2. The van der Waals surface area contributed by atoms with Crippen molar-refractivity contribution in [2.45, 2.75) is 6.61 Å². The predicted octanol–water partition coefficient (Wildman–Crippen LogP) is 4.03. The summed E-state index contributed by atoms with van der Waals surface area (Å²) in [7, 11) is 3.01. The van der Waals surface area contributed by atoms with Crippen LogP contribution in [0.15, 0.2) is 36.4 Å². The number of hydrogen-bond donors (Lipinski definition) is 1. The monoisotopic (exact) mass is 343 g/mol. The Morgan fingerprint density at radius 3 is 2.52 bits per heavy atom. The maximum absolute atomic E-state index is 13.7. The smallest absolute Gasteiger partial charge is 0.292 e. The van der Waals surface area contributed by atoms with Gasteiger partial charge in [0.25, 0.3) is 6.47 Å². The molecule has 4 nitrogen and oxygen atoms in total. The van der Waals surface area contributed by atoms with Crippen molar-refractivity contribution in [3.63, 3.8) is 0 Å². The van der Waals surface area contributed by atoms with Gasteiger partial charge in [-0.25, -0.2) is 8.78 Å². The minimum atomic E-state index is -0.445. The number of anilines is 1. The highest BCUT2D eigenvalue weighted by molar-refractivity contribution is 6.32. The zero-order chi connectivity index (χ0) is 17.2. The minimum absolute atomic E-state index is 0.00813. The summed E-state index contributed by atoms with van der Waals surface area (Å²) in [5.41, 5.74) is 1.03. The molecule has 1 N–H and O–H groups in total. The Kier molecular flexibility index (Phi) is 7.83. The third-order valence-electron chi connectivity index (χ3n) is 2.75. The molecule has 0 aliphatic rings. The number of halogens is 3. The summed E-state index contributed by atoms with van der Waals surface area (Å²) >= 11 is 5.83. The van der Waals surface area contributed by atoms with Gasteiger partial charge in [0.2, 0.25) is 0 Å². The second-order valence-electron chi connectivity index (χ2n) is 4.21. The van der Waals surface area contributed by atoms with Crippen LogP contribution < -0.4 is 10.1 Å². The number of ether oxygens (including phenoxy) is 2. The molecule has 7 heteroatoms. The van der Waals surface area contributed by atoms with E-state index in [1.165, 1.54) is 25.3 Å². The quantitative estimate of drug-likeness (QED) is 0.833. The molecular weight excluding hydrogens is 328 g/mol. The standard InChI is InChI=1S/C14H12ClF2NO.C2H4O2/c1-18-13-4-2-3-12(17)10(13)8-19-14-6-5-9(16)7-11(14)15;1-4-2-3/h2-7,18H,8H2,1H3;2H,1H3. The van der Waals surface area contributed by atoms with Crippen molar-refractivity contribution in [3.05, 3.63) is 58.6 Å². The highest BCUT2D eigenvalue weighted by Crippen LogP contribution is 2.27. The molecule has 0 aromatic heterocycles. The van der Waals surface area contributed by atoms with E-state index >= 15 is 0 Å². The number of carbonyl (C=O) groups excluding carboxylic acids is 1. The maximum atomic E-state index is 13.7. The van der Waals surface area contributed by atoms with Crippen molar-refractivity contribution in [3.8, 4) is 5.75 Å². The van der Waals surface area contributed by atoms with Crippen LogP contribution in [0.1, 0.15) is 5.56 Å². The molecule has 0 heterocycles. The SMILES string of the molecule is CNc1cccc(F)c1COc1ccc(F)cc1Cl.COC=O. The van der Waals surface area contributed by atoms with Gasteiger partial charge in [-0.1, -0.05) is 17.7 Å². The number of carbonyl (C=O) groups is 1. The Bertz CT molecular complexity index is 653. The first-order chi connectivity index (χ1) is 11.0. The fourth-order valence-corrected chi connectivity index (χ4v) is 1.90. The van der Waals surface area contributed by atoms with E-state index < -0.39 is 5.82 Å². The summed E-state index contributed by atoms with van der Waals surface area (Å²) in [6, 6.07) is 8.51. The lowest BCUT2D eigenvalue weighted by Crippen LogP contribution is -2.03. The van der Waals surface area contributed by atoms with Crippen molar-refractivity contribution in [1.29, 1.82) is 0 Å². The molecule has 0 fully saturated rings. The molecule has 23 heavy (non-hydrogen) atoms. The number of hydrogen-bond acceptors (Lipinski definition) is 4. The van der Waals surface area contributed by atoms with E-state index in [2.05, 4.69) is 10.1 Å². The normalized spacial score (nSPS) is 9.43. The number of rotatable bonds is 5. The summed E-state index contributed by atoms with van der Waals surface area (Å²) in [6.45, 7) is 0.383. The fourth-order valence-electron chi connectivity index (χ4n) is 1.68. The van der Waals surface area contributed by atoms with Gasteiger partial charge in [-0.15, -0.1) is 0 Å². The van der Waals surface area contributed by atoms with Gasteiger partial charge in [0, 0.05) is 18.3 Å². The third-order valence-corrected chi connectivity index (χ3v) is 3.05. The first kappa shape index (κ1) is 18.7. The van der Waals surface area contributed by atoms with Gasteiger partial charge < -0.3 is 14.8 Å². The Balaban J connectivity index is 0.000000593. The Morgan fingerprint density at radius 2 is 1.96 bits per heavy atom. The molecule has 0 atom stereocenters. The average molecular weight is 344 g/mol. The molecule has 124 valence electrons. The topological polar surface area (TPSA) is 47.6 Å². The van der Waals surface area contributed by atoms with Crippen molar-refractivity contribution < 1.29 is 23.0 Å². The van der Waals surface area contributed by atoms with Crippen molar-refractivity contribution >= 4 is 23.8 Å². The van der Waals surface area contributed by atoms with Gasteiger partial charge in [0.1, 0.15) is 24.0 Å². The second kappa shape index (κ2) is 9.63. The molecular formula is C16H16ClF2NO3. The van der Waals surface area contributed by atoms with Gasteiger partial charge in [-0.3, -0.25) is 4.79 Å². The van der Waals surface area contributed by atoms with Crippen LogP contribution >= 0.6 is 11.6 Å². The van der Waals surface area contributed by atoms with E-state index in [4.69, 9.17) is 21.1 Å². The Hall–Kier alpha value is -2.34. The zero-order valence-corrected chi connectivity index (χ0v) is 13.4. The van der Waals surface area contributed by atoms with Crippen LogP contribution in [0, 0.1) is 11.6 Å². The largest absolute Gasteiger partial charge is 0.487 e. The van der Waals surface area contributed by atoms with E-state index in [-0.39, 0.29) is 17.4 Å². The van der Waals surface area contributed by atoms with Gasteiger partial charge in [0.05, 0.1) is 12.1 Å². The van der Waals surface area contributed by atoms with Crippen molar-refractivity contribution in [2.75, 3.05) is 19.5 Å². The number of methoxy groups -OCH3 is 1. The van der Waals surface area contributed by atoms with Crippen LogP contribution in [-0.2, 0) is 16.1 Å². The molecule has 0 amide bonds. The van der Waals surface area contributed by atoms with E-state index in [0.29, 0.717) is 23.5 Å². The van der Waals surface area contributed by atoms with E-state index in [0.717, 1.165) is 6.07 Å². The Morgan fingerprint density at radius 1 is 1.26 bits per heavy atom. The zero-order valence-electron chi connectivity index (χ0n) is 12.6. The summed E-state index contributed by atoms with van der Waals surface area (Å²) in [4.78, 5) is 8.95. The average Bonchev–Trinajstić information content (AvgIpc) is 2.55. The molecule has 0 radical (unpaired) electrons. The predicted molar refractivity (Wildman–Crippen MR) is 84.8 cm³/mol. The molecule has 0 bridgehead atoms. The first-order valence-corrected chi connectivity index (χ1v) is 6.90. The summed E-state index contributed by atoms with van der Waals surface area (Å²) < 4.78 is 35.9. The lowest BCUT2D eigenvalue weighted by molar-refractivity contribution is -0.126. The van der Waals surface area contributed by atoms with Crippen LogP contribution in [0.3, 0.4) is 0 Å². The molecule has 0 aliphatic heterocycles. The summed E-state index contributed by atoms with van der Waals surface area (Å²) in [5.74, 6) is -0.502. The van der Waals surface area contributed by atoms with Gasteiger partial charge in [-0.05, 0) is 30.3 Å². The second-order valence-corrected chi connectivity index (χ2v) is 4.62. The van der Waals surface area contributed by atoms with E-state index in [9.17, 15) is 8.78 Å². The molecule has 0 aliphatic carbocycles. The first-order valence-electron chi connectivity index (χ1n) is 6.53.